The van der Waals surface area contributed by atoms with E-state index in [0.717, 1.165) is 0 Å². The van der Waals surface area contributed by atoms with Gasteiger partial charge in [-0.15, -0.1) is 0 Å². The van der Waals surface area contributed by atoms with Crippen LogP contribution < -0.4 is 0 Å². The summed E-state index contributed by atoms with van der Waals surface area (Å²) in [6.07, 6.45) is 1.50. The van der Waals surface area contributed by atoms with Gasteiger partial charge in [0.15, 0.2) is 17.2 Å². The van der Waals surface area contributed by atoms with Crippen molar-refractivity contribution in [3.63, 3.8) is 0 Å². The zero-order valence-electron chi connectivity index (χ0n) is 6.31. The lowest BCUT2D eigenvalue weighted by molar-refractivity contribution is 0.0685. The molecule has 1 unspecified atom stereocenters. The van der Waals surface area contributed by atoms with Crippen LogP contribution in [0.2, 0.25) is 0 Å². The fourth-order valence-corrected chi connectivity index (χ4v) is 1.22. The quantitative estimate of drug-likeness (QED) is 0.689. The first-order valence-corrected chi connectivity index (χ1v) is 4.81. The van der Waals surface area contributed by atoms with Crippen molar-refractivity contribution in [1.82, 2.24) is 5.16 Å². The number of rotatable bonds is 3. The van der Waals surface area contributed by atoms with Gasteiger partial charge in [0.25, 0.3) is 0 Å². The maximum Gasteiger partial charge on any atom is 0.358 e. The Kier molecular flexibility index (Phi) is 2.72. The number of carbonyl (C=O) groups is 1. The van der Waals surface area contributed by atoms with Crippen LogP contribution in [0.5, 0.6) is 0 Å². The van der Waals surface area contributed by atoms with Gasteiger partial charge in [-0.1, -0.05) is 5.16 Å². The van der Waals surface area contributed by atoms with Crippen LogP contribution in [0.4, 0.5) is 0 Å². The molecule has 0 aromatic carbocycles. The van der Waals surface area contributed by atoms with E-state index in [1.807, 2.05) is 0 Å². The van der Waals surface area contributed by atoms with Crippen LogP contribution in [0, 0.1) is 0 Å². The molecule has 0 radical (unpaired) electrons. The van der Waals surface area contributed by atoms with Gasteiger partial charge in [-0.05, 0) is 11.2 Å². The van der Waals surface area contributed by atoms with E-state index >= 15 is 0 Å². The Bertz CT molecular complexity index is 283. The summed E-state index contributed by atoms with van der Waals surface area (Å²) in [6, 6.07) is 1.27. The van der Waals surface area contributed by atoms with Crippen molar-refractivity contribution in [3.8, 4) is 0 Å². The second kappa shape index (κ2) is 3.59. The Morgan fingerprint density at radius 3 is 3.00 bits per heavy atom. The second-order valence-corrected chi connectivity index (χ2v) is 3.64. The smallest absolute Gasteiger partial charge is 0.358 e. The number of hydrogen-bond donors (Lipinski definition) is 1. The first kappa shape index (κ1) is 9.08. The summed E-state index contributed by atoms with van der Waals surface area (Å²) in [5, 5.41) is 11.7. The topological polar surface area (TPSA) is 86.4 Å². The summed E-state index contributed by atoms with van der Waals surface area (Å²) in [5.74, 6) is -0.625. The molecule has 0 fully saturated rings. The first-order chi connectivity index (χ1) is 5.59. The number of carboxylic acid groups (broad SMARTS) is 1. The zero-order valence-corrected chi connectivity index (χ0v) is 7.13. The lowest BCUT2D eigenvalue weighted by Gasteiger charge is -1.98. The van der Waals surface area contributed by atoms with E-state index in [4.69, 9.17) is 5.11 Å². The predicted octanol–water partition coefficient (Wildman–Crippen LogP) is 0.251. The summed E-state index contributed by atoms with van der Waals surface area (Å²) >= 11 is -1.04. The summed E-state index contributed by atoms with van der Waals surface area (Å²) in [6.45, 7) is 0. The van der Waals surface area contributed by atoms with Crippen LogP contribution in [0.25, 0.3) is 0 Å². The van der Waals surface area contributed by atoms with Crippen molar-refractivity contribution < 1.29 is 19.0 Å². The van der Waals surface area contributed by atoms with Gasteiger partial charge in [0.05, 0.1) is 6.26 Å². The molecule has 66 valence electrons. The van der Waals surface area contributed by atoms with Gasteiger partial charge in [0.2, 0.25) is 0 Å². The molecule has 6 heteroatoms. The van der Waals surface area contributed by atoms with E-state index in [2.05, 4.69) is 9.68 Å². The molecule has 1 aromatic heterocycles. The molecule has 0 aliphatic rings. The fraction of sp³-hybridized carbons (Fsp3) is 0.333. The normalized spacial score (nSPS) is 12.8. The molecule has 1 N–H and O–H groups in total. The fourth-order valence-electron chi connectivity index (χ4n) is 0.682. The van der Waals surface area contributed by atoms with Crippen molar-refractivity contribution in [2.45, 2.75) is 5.75 Å². The predicted molar refractivity (Wildman–Crippen MR) is 41.2 cm³/mol. The Balaban J connectivity index is 2.71. The Hall–Kier alpha value is -1.01. The largest absolute Gasteiger partial charge is 0.616 e. The van der Waals surface area contributed by atoms with Gasteiger partial charge in [-0.3, -0.25) is 0 Å². The molecule has 1 rings (SSSR count). The third-order valence-corrected chi connectivity index (χ3v) is 1.81. The van der Waals surface area contributed by atoms with E-state index in [1.165, 1.54) is 12.3 Å². The SMILES string of the molecule is C[S+]([O-])Cc1cc(C(=O)O)no1. The van der Waals surface area contributed by atoms with Gasteiger partial charge in [0, 0.05) is 6.07 Å². The number of hydrogen-bond acceptors (Lipinski definition) is 4. The standard InChI is InChI=1S/C6H7NO4S/c1-12(10)3-4-2-5(6(8)9)7-11-4/h2H,3H2,1H3,(H,8,9). The number of carboxylic acids is 1. The van der Waals surface area contributed by atoms with Crippen LogP contribution in [0.1, 0.15) is 16.2 Å². The Morgan fingerprint density at radius 1 is 1.92 bits per heavy atom. The molecule has 1 aromatic rings. The molecule has 0 spiro atoms. The lowest BCUT2D eigenvalue weighted by atomic mass is 10.4. The first-order valence-electron chi connectivity index (χ1n) is 3.08. The average Bonchev–Trinajstić information content (AvgIpc) is 2.34. The van der Waals surface area contributed by atoms with Crippen molar-refractivity contribution in [1.29, 1.82) is 0 Å². The van der Waals surface area contributed by atoms with Gasteiger partial charge in [0.1, 0.15) is 0 Å². The highest BCUT2D eigenvalue weighted by Gasteiger charge is 2.12. The Labute approximate surface area is 71.5 Å². The number of aromatic nitrogens is 1. The molecule has 0 amide bonds. The van der Waals surface area contributed by atoms with Gasteiger partial charge in [-0.25, -0.2) is 4.79 Å². The van der Waals surface area contributed by atoms with E-state index in [9.17, 15) is 9.35 Å². The van der Waals surface area contributed by atoms with Gasteiger partial charge in [-0.2, -0.15) is 0 Å². The highest BCUT2D eigenvalue weighted by molar-refractivity contribution is 7.89. The van der Waals surface area contributed by atoms with E-state index in [-0.39, 0.29) is 11.4 Å². The second-order valence-electron chi connectivity index (χ2n) is 2.20. The minimum absolute atomic E-state index is 0.157. The molecule has 0 aliphatic carbocycles. The van der Waals surface area contributed by atoms with Crippen molar-refractivity contribution in [2.24, 2.45) is 0 Å². The van der Waals surface area contributed by atoms with E-state index in [0.29, 0.717) is 5.76 Å². The van der Waals surface area contributed by atoms with Crippen molar-refractivity contribution in [2.75, 3.05) is 6.26 Å². The molecule has 0 saturated carbocycles. The van der Waals surface area contributed by atoms with Crippen LogP contribution in [0.15, 0.2) is 10.6 Å². The average molecular weight is 189 g/mol. The molecular formula is C6H7NO4S. The summed E-state index contributed by atoms with van der Waals surface area (Å²) in [5.41, 5.74) is -0.157. The van der Waals surface area contributed by atoms with Crippen LogP contribution in [-0.2, 0) is 16.9 Å². The van der Waals surface area contributed by atoms with Crippen LogP contribution >= 0.6 is 0 Å². The molecule has 1 atom stereocenters. The third kappa shape index (κ3) is 2.24. The molecule has 5 nitrogen and oxygen atoms in total. The summed E-state index contributed by atoms with van der Waals surface area (Å²) in [4.78, 5) is 10.3. The minimum Gasteiger partial charge on any atom is -0.616 e. The van der Waals surface area contributed by atoms with Crippen LogP contribution in [0.3, 0.4) is 0 Å². The van der Waals surface area contributed by atoms with Gasteiger partial charge < -0.3 is 14.2 Å². The van der Waals surface area contributed by atoms with E-state index in [1.54, 1.807) is 0 Å². The molecule has 12 heavy (non-hydrogen) atoms. The van der Waals surface area contributed by atoms with Crippen LogP contribution in [-0.4, -0.2) is 27.0 Å². The minimum atomic E-state index is -1.15. The highest BCUT2D eigenvalue weighted by Crippen LogP contribution is 2.07. The zero-order chi connectivity index (χ0) is 9.14. The van der Waals surface area contributed by atoms with E-state index < -0.39 is 17.1 Å². The molecular weight excluding hydrogens is 182 g/mol. The molecule has 1 heterocycles. The molecule has 0 aliphatic heterocycles. The Morgan fingerprint density at radius 2 is 2.58 bits per heavy atom. The number of nitrogens with zero attached hydrogens (tertiary/aromatic N) is 1. The highest BCUT2D eigenvalue weighted by atomic mass is 32.2. The number of aromatic carboxylic acids is 1. The summed E-state index contributed by atoms with van der Waals surface area (Å²) < 4.78 is 15.3. The van der Waals surface area contributed by atoms with Crippen molar-refractivity contribution >= 4 is 17.1 Å². The maximum atomic E-state index is 10.7. The molecule has 0 saturated heterocycles. The third-order valence-electron chi connectivity index (χ3n) is 1.12. The maximum absolute atomic E-state index is 10.7. The summed E-state index contributed by atoms with van der Waals surface area (Å²) in [7, 11) is 0. The van der Waals surface area contributed by atoms with Gasteiger partial charge >= 0.3 is 5.97 Å². The lowest BCUT2D eigenvalue weighted by Crippen LogP contribution is -1.99. The van der Waals surface area contributed by atoms with Crippen molar-refractivity contribution in [3.05, 3.63) is 17.5 Å². The molecule has 0 bridgehead atoms. The monoisotopic (exact) mass is 189 g/mol.